The van der Waals surface area contributed by atoms with E-state index in [0.717, 1.165) is 13.0 Å². The van der Waals surface area contributed by atoms with Crippen LogP contribution in [0.3, 0.4) is 0 Å². The molecule has 0 amide bonds. The van der Waals surface area contributed by atoms with Gasteiger partial charge in [0.15, 0.2) is 0 Å². The fraction of sp³-hybridized carbons (Fsp3) is 0.625. The van der Waals surface area contributed by atoms with Crippen LogP contribution in [0.15, 0.2) is 18.2 Å². The van der Waals surface area contributed by atoms with Crippen LogP contribution in [0.5, 0.6) is 0 Å². The Bertz CT molecular complexity index is 321. The maximum absolute atomic E-state index is 3.67. The maximum atomic E-state index is 3.67. The van der Waals surface area contributed by atoms with Crippen LogP contribution in [0, 0.1) is 13.8 Å². The van der Waals surface area contributed by atoms with Crippen molar-refractivity contribution in [1.82, 2.24) is 5.32 Å². The van der Waals surface area contributed by atoms with Crippen LogP contribution in [0.1, 0.15) is 37.0 Å². The first-order chi connectivity index (χ1) is 8.65. The molecule has 0 aliphatic carbocycles. The zero-order chi connectivity index (χ0) is 13.4. The average Bonchev–Trinajstić information content (AvgIpc) is 2.31. The lowest BCUT2D eigenvalue weighted by Crippen LogP contribution is -2.34. The molecule has 1 aromatic rings. The van der Waals surface area contributed by atoms with E-state index >= 15 is 0 Å². The van der Waals surface area contributed by atoms with Gasteiger partial charge in [0, 0.05) is 11.8 Å². The summed E-state index contributed by atoms with van der Waals surface area (Å²) in [5.41, 5.74) is 4.22. The van der Waals surface area contributed by atoms with Gasteiger partial charge in [0.25, 0.3) is 0 Å². The van der Waals surface area contributed by atoms with Crippen LogP contribution in [-0.4, -0.2) is 24.1 Å². The third kappa shape index (κ3) is 5.92. The molecule has 0 aromatic heterocycles. The van der Waals surface area contributed by atoms with Gasteiger partial charge in [-0.15, -0.1) is 0 Å². The van der Waals surface area contributed by atoms with E-state index in [0.29, 0.717) is 6.04 Å². The molecule has 18 heavy (non-hydrogen) atoms. The van der Waals surface area contributed by atoms with Gasteiger partial charge < -0.3 is 5.32 Å². The van der Waals surface area contributed by atoms with Gasteiger partial charge in [-0.2, -0.15) is 11.8 Å². The van der Waals surface area contributed by atoms with E-state index in [1.807, 2.05) is 11.8 Å². The summed E-state index contributed by atoms with van der Waals surface area (Å²) in [4.78, 5) is 0. The van der Waals surface area contributed by atoms with Crippen LogP contribution < -0.4 is 5.32 Å². The number of benzene rings is 1. The van der Waals surface area contributed by atoms with E-state index in [4.69, 9.17) is 0 Å². The van der Waals surface area contributed by atoms with E-state index in [1.165, 1.54) is 34.6 Å². The first-order valence-electron chi connectivity index (χ1n) is 7.04. The van der Waals surface area contributed by atoms with E-state index < -0.39 is 0 Å². The summed E-state index contributed by atoms with van der Waals surface area (Å²) in [5.74, 6) is 2.42. The van der Waals surface area contributed by atoms with E-state index in [2.05, 4.69) is 51.2 Å². The monoisotopic (exact) mass is 265 g/mol. The third-order valence-electron chi connectivity index (χ3n) is 2.97. The molecule has 0 aliphatic heterocycles. The lowest BCUT2D eigenvalue weighted by molar-refractivity contribution is 0.550. The topological polar surface area (TPSA) is 12.0 Å². The summed E-state index contributed by atoms with van der Waals surface area (Å²) < 4.78 is 0. The number of thioether (sulfide) groups is 1. The second-order valence-corrected chi connectivity index (χ2v) is 6.33. The molecule has 1 aromatic carbocycles. The summed E-state index contributed by atoms with van der Waals surface area (Å²) in [7, 11) is 0. The molecule has 0 heterocycles. The van der Waals surface area contributed by atoms with Crippen LogP contribution in [0.25, 0.3) is 0 Å². The molecule has 1 atom stereocenters. The van der Waals surface area contributed by atoms with E-state index in [-0.39, 0.29) is 0 Å². The Balaban J connectivity index is 2.62. The molecular weight excluding hydrogens is 238 g/mol. The Morgan fingerprint density at radius 2 is 1.78 bits per heavy atom. The predicted molar refractivity (Wildman–Crippen MR) is 84.7 cm³/mol. The van der Waals surface area contributed by atoms with Gasteiger partial charge in [0.05, 0.1) is 0 Å². The van der Waals surface area contributed by atoms with Crippen LogP contribution >= 0.6 is 11.8 Å². The highest BCUT2D eigenvalue weighted by Crippen LogP contribution is 2.13. The van der Waals surface area contributed by atoms with E-state index in [9.17, 15) is 0 Å². The van der Waals surface area contributed by atoms with Crippen molar-refractivity contribution >= 4 is 11.8 Å². The molecule has 1 unspecified atom stereocenters. The van der Waals surface area contributed by atoms with Crippen molar-refractivity contribution in [1.29, 1.82) is 0 Å². The molecule has 0 radical (unpaired) electrons. The zero-order valence-electron chi connectivity index (χ0n) is 12.3. The molecule has 1 N–H and O–H groups in total. The first-order valence-corrected chi connectivity index (χ1v) is 8.19. The summed E-state index contributed by atoms with van der Waals surface area (Å²) in [6, 6.07) is 7.50. The highest BCUT2D eigenvalue weighted by molar-refractivity contribution is 7.99. The highest BCUT2D eigenvalue weighted by atomic mass is 32.2. The van der Waals surface area contributed by atoms with Crippen molar-refractivity contribution in [3.8, 4) is 0 Å². The van der Waals surface area contributed by atoms with Gasteiger partial charge in [-0.05, 0) is 44.6 Å². The minimum absolute atomic E-state index is 0.607. The number of rotatable bonds is 8. The number of aryl methyl sites for hydroxylation is 2. The number of nitrogens with one attached hydrogen (secondary N) is 1. The lowest BCUT2D eigenvalue weighted by Gasteiger charge is -2.18. The maximum Gasteiger partial charge on any atom is 0.0198 e. The van der Waals surface area contributed by atoms with Crippen LogP contribution in [0.4, 0.5) is 0 Å². The number of hydrogen-bond donors (Lipinski definition) is 1. The largest absolute Gasteiger partial charge is 0.313 e. The average molecular weight is 265 g/mol. The molecule has 102 valence electrons. The quantitative estimate of drug-likeness (QED) is 0.763. The molecule has 0 bridgehead atoms. The zero-order valence-corrected chi connectivity index (χ0v) is 13.1. The molecule has 2 heteroatoms. The molecule has 1 nitrogen and oxygen atoms in total. The second kappa shape index (κ2) is 8.60. The molecule has 0 saturated carbocycles. The Labute approximate surface area is 117 Å². The van der Waals surface area contributed by atoms with Gasteiger partial charge in [-0.1, -0.05) is 43.2 Å². The molecule has 0 aliphatic rings. The summed E-state index contributed by atoms with van der Waals surface area (Å²) >= 11 is 2.03. The molecule has 0 spiro atoms. The Hall–Kier alpha value is -0.470. The first kappa shape index (κ1) is 15.6. The van der Waals surface area contributed by atoms with Crippen molar-refractivity contribution in [2.75, 3.05) is 18.1 Å². The molecular formula is C16H27NS. The van der Waals surface area contributed by atoms with Gasteiger partial charge in [0.1, 0.15) is 0 Å². The standard InChI is InChI=1S/C16H27NS/c1-5-7-17-16(12-18-6-2)11-15-9-13(3)8-14(4)10-15/h8-10,16-17H,5-7,11-12H2,1-4H3. The van der Waals surface area contributed by atoms with Gasteiger partial charge in [-0.3, -0.25) is 0 Å². The highest BCUT2D eigenvalue weighted by Gasteiger charge is 2.09. The predicted octanol–water partition coefficient (Wildman–Crippen LogP) is 3.97. The fourth-order valence-corrected chi connectivity index (χ4v) is 3.03. The van der Waals surface area contributed by atoms with Crippen molar-refractivity contribution in [3.63, 3.8) is 0 Å². The molecule has 0 fully saturated rings. The van der Waals surface area contributed by atoms with Gasteiger partial charge in [-0.25, -0.2) is 0 Å². The fourth-order valence-electron chi connectivity index (χ4n) is 2.27. The second-order valence-electron chi connectivity index (χ2n) is 5.01. The van der Waals surface area contributed by atoms with Crippen molar-refractivity contribution in [2.24, 2.45) is 0 Å². The summed E-state index contributed by atoms with van der Waals surface area (Å²) in [5, 5.41) is 3.67. The Morgan fingerprint density at radius 3 is 2.33 bits per heavy atom. The third-order valence-corrected chi connectivity index (χ3v) is 4.02. The lowest BCUT2D eigenvalue weighted by atomic mass is 10.0. The SMILES string of the molecule is CCCNC(CSCC)Cc1cc(C)cc(C)c1. The summed E-state index contributed by atoms with van der Waals surface area (Å²) in [6.07, 6.45) is 2.36. The van der Waals surface area contributed by atoms with Crippen molar-refractivity contribution < 1.29 is 0 Å². The Morgan fingerprint density at radius 1 is 1.11 bits per heavy atom. The minimum atomic E-state index is 0.607. The van der Waals surface area contributed by atoms with Crippen molar-refractivity contribution in [3.05, 3.63) is 34.9 Å². The molecule has 0 saturated heterocycles. The smallest absolute Gasteiger partial charge is 0.0198 e. The van der Waals surface area contributed by atoms with Gasteiger partial charge >= 0.3 is 0 Å². The molecule has 1 rings (SSSR count). The van der Waals surface area contributed by atoms with Gasteiger partial charge in [0.2, 0.25) is 0 Å². The van der Waals surface area contributed by atoms with Crippen molar-refractivity contribution in [2.45, 2.75) is 46.6 Å². The van der Waals surface area contributed by atoms with E-state index in [1.54, 1.807) is 0 Å². The normalized spacial score (nSPS) is 12.7. The summed E-state index contributed by atoms with van der Waals surface area (Å²) in [6.45, 7) is 9.96. The number of hydrogen-bond acceptors (Lipinski definition) is 2. The minimum Gasteiger partial charge on any atom is -0.313 e. The van der Waals surface area contributed by atoms with Crippen LogP contribution in [-0.2, 0) is 6.42 Å². The Kier molecular flexibility index (Phi) is 7.45. The van der Waals surface area contributed by atoms with Crippen LogP contribution in [0.2, 0.25) is 0 Å².